The van der Waals surface area contributed by atoms with Gasteiger partial charge in [-0.1, -0.05) is 19.1 Å². The molecule has 3 rings (SSSR count). The number of nitrogens with zero attached hydrogens (tertiary/aromatic N) is 2. The van der Waals surface area contributed by atoms with Gasteiger partial charge in [0.05, 0.1) is 0 Å². The molecule has 0 saturated carbocycles. The molecule has 0 aliphatic carbocycles. The van der Waals surface area contributed by atoms with Crippen LogP contribution >= 0.6 is 12.4 Å². The first-order valence-electron chi connectivity index (χ1n) is 8.66. The number of piperidine rings is 1. The highest BCUT2D eigenvalue weighted by Crippen LogP contribution is 2.16. The van der Waals surface area contributed by atoms with Crippen LogP contribution in [-0.4, -0.2) is 35.5 Å². The molecule has 0 radical (unpaired) electrons. The predicted molar refractivity (Wildman–Crippen MR) is 102 cm³/mol. The first-order valence-corrected chi connectivity index (χ1v) is 8.66. The largest absolute Gasteiger partial charge is 0.352 e. The summed E-state index contributed by atoms with van der Waals surface area (Å²) in [5.74, 6) is 1.26. The van der Waals surface area contributed by atoms with Crippen molar-refractivity contribution in [1.29, 1.82) is 0 Å². The highest BCUT2D eigenvalue weighted by molar-refractivity contribution is 5.94. The number of rotatable bonds is 5. The van der Waals surface area contributed by atoms with E-state index in [1.165, 1.54) is 0 Å². The third kappa shape index (κ3) is 5.25. The van der Waals surface area contributed by atoms with Crippen molar-refractivity contribution in [3.05, 3.63) is 47.8 Å². The number of benzene rings is 1. The van der Waals surface area contributed by atoms with Crippen LogP contribution in [0.2, 0.25) is 0 Å². The molecule has 0 unspecified atom stereocenters. The van der Waals surface area contributed by atoms with Crippen molar-refractivity contribution in [3.8, 4) is 11.4 Å². The Kier molecular flexibility index (Phi) is 7.34. The molecule has 0 atom stereocenters. The summed E-state index contributed by atoms with van der Waals surface area (Å²) in [5.41, 5.74) is 2.72. The van der Waals surface area contributed by atoms with Crippen LogP contribution in [0.1, 0.15) is 35.7 Å². The third-order valence-electron chi connectivity index (χ3n) is 4.53. The normalized spacial score (nSPS) is 14.6. The van der Waals surface area contributed by atoms with Crippen LogP contribution in [0.25, 0.3) is 11.4 Å². The Bertz CT molecular complexity index is 667. The Morgan fingerprint density at radius 1 is 1.16 bits per heavy atom. The van der Waals surface area contributed by atoms with E-state index in [0.29, 0.717) is 17.3 Å². The van der Waals surface area contributed by atoms with Crippen molar-refractivity contribution in [3.63, 3.8) is 0 Å². The highest BCUT2D eigenvalue weighted by atomic mass is 35.5. The van der Waals surface area contributed by atoms with Crippen LogP contribution in [0.3, 0.4) is 0 Å². The zero-order valence-corrected chi connectivity index (χ0v) is 15.3. The van der Waals surface area contributed by atoms with E-state index in [1.54, 1.807) is 0 Å². The number of hydrogen-bond acceptors (Lipinski definition) is 4. The van der Waals surface area contributed by atoms with Gasteiger partial charge in [-0.2, -0.15) is 0 Å². The van der Waals surface area contributed by atoms with Gasteiger partial charge in [0.15, 0.2) is 5.82 Å². The van der Waals surface area contributed by atoms with Gasteiger partial charge >= 0.3 is 0 Å². The summed E-state index contributed by atoms with van der Waals surface area (Å²) in [4.78, 5) is 21.0. The summed E-state index contributed by atoms with van der Waals surface area (Å²) in [6, 6.07) is 7.48. The fourth-order valence-electron chi connectivity index (χ4n) is 2.88. The minimum Gasteiger partial charge on any atom is -0.352 e. The van der Waals surface area contributed by atoms with Gasteiger partial charge in [0.2, 0.25) is 0 Å². The van der Waals surface area contributed by atoms with E-state index in [0.717, 1.165) is 50.0 Å². The van der Waals surface area contributed by atoms with Crippen LogP contribution in [0.15, 0.2) is 36.7 Å². The van der Waals surface area contributed by atoms with E-state index in [4.69, 9.17) is 0 Å². The predicted octanol–water partition coefficient (Wildman–Crippen LogP) is 2.86. The average molecular weight is 361 g/mol. The van der Waals surface area contributed by atoms with Gasteiger partial charge < -0.3 is 10.6 Å². The smallest absolute Gasteiger partial charge is 0.251 e. The lowest BCUT2D eigenvalue weighted by atomic mass is 9.98. The molecule has 25 heavy (non-hydrogen) atoms. The van der Waals surface area contributed by atoms with E-state index in [1.807, 2.05) is 36.7 Å². The van der Waals surface area contributed by atoms with Gasteiger partial charge in [0.1, 0.15) is 0 Å². The number of aromatic nitrogens is 2. The van der Waals surface area contributed by atoms with Gasteiger partial charge in [-0.3, -0.25) is 4.79 Å². The fourth-order valence-corrected chi connectivity index (χ4v) is 2.88. The van der Waals surface area contributed by atoms with E-state index in [9.17, 15) is 4.79 Å². The number of amides is 1. The second-order valence-electron chi connectivity index (χ2n) is 6.25. The fraction of sp³-hybridized carbons (Fsp3) is 0.421. The summed E-state index contributed by atoms with van der Waals surface area (Å²) in [6.45, 7) is 4.93. The molecule has 0 bridgehead atoms. The second kappa shape index (κ2) is 9.49. The monoisotopic (exact) mass is 360 g/mol. The first kappa shape index (κ1) is 19.3. The van der Waals surface area contributed by atoms with Crippen molar-refractivity contribution in [2.75, 3.05) is 19.6 Å². The molecule has 2 heterocycles. The van der Waals surface area contributed by atoms with Crippen LogP contribution in [-0.2, 0) is 6.42 Å². The third-order valence-corrected chi connectivity index (χ3v) is 4.53. The van der Waals surface area contributed by atoms with Crippen molar-refractivity contribution in [1.82, 2.24) is 20.6 Å². The van der Waals surface area contributed by atoms with Gasteiger partial charge in [-0.25, -0.2) is 9.97 Å². The van der Waals surface area contributed by atoms with Crippen molar-refractivity contribution in [2.24, 2.45) is 5.92 Å². The lowest BCUT2D eigenvalue weighted by Crippen LogP contribution is -2.35. The van der Waals surface area contributed by atoms with Gasteiger partial charge in [0, 0.05) is 30.1 Å². The number of nitrogens with one attached hydrogen (secondary N) is 2. The maximum atomic E-state index is 12.3. The summed E-state index contributed by atoms with van der Waals surface area (Å²) in [6.07, 6.45) is 6.88. The molecule has 134 valence electrons. The van der Waals surface area contributed by atoms with E-state index >= 15 is 0 Å². The van der Waals surface area contributed by atoms with Crippen molar-refractivity contribution < 1.29 is 4.79 Å². The minimum absolute atomic E-state index is 0. The zero-order valence-electron chi connectivity index (χ0n) is 14.5. The molecular formula is C19H25ClN4O. The molecular weight excluding hydrogens is 336 g/mol. The number of halogens is 1. The molecule has 1 aromatic heterocycles. The van der Waals surface area contributed by atoms with Gasteiger partial charge in [0.25, 0.3) is 5.91 Å². The number of carbonyl (C=O) groups is 1. The maximum Gasteiger partial charge on any atom is 0.251 e. The Balaban J connectivity index is 0.00000225. The lowest BCUT2D eigenvalue weighted by Gasteiger charge is -2.22. The molecule has 5 nitrogen and oxygen atoms in total. The topological polar surface area (TPSA) is 66.9 Å². The first-order chi connectivity index (χ1) is 11.8. The van der Waals surface area contributed by atoms with Crippen molar-refractivity contribution >= 4 is 18.3 Å². The van der Waals surface area contributed by atoms with E-state index in [2.05, 4.69) is 27.5 Å². The molecule has 1 fully saturated rings. The number of hydrogen-bond donors (Lipinski definition) is 2. The van der Waals surface area contributed by atoms with Crippen LogP contribution < -0.4 is 10.6 Å². The van der Waals surface area contributed by atoms with Crippen molar-refractivity contribution in [2.45, 2.75) is 26.2 Å². The van der Waals surface area contributed by atoms with Crippen LogP contribution in [0.4, 0.5) is 0 Å². The van der Waals surface area contributed by atoms with E-state index < -0.39 is 0 Å². The highest BCUT2D eigenvalue weighted by Gasteiger charge is 2.14. The number of carbonyl (C=O) groups excluding carboxylic acids is 1. The Labute approximate surface area is 155 Å². The SMILES string of the molecule is CCc1cnc(-c2ccc(C(=O)NCC3CCNCC3)cc2)nc1.Cl. The Morgan fingerprint density at radius 3 is 2.40 bits per heavy atom. The Hall–Kier alpha value is -1.98. The molecule has 1 amide bonds. The summed E-state index contributed by atoms with van der Waals surface area (Å²) < 4.78 is 0. The molecule has 2 aromatic rings. The minimum atomic E-state index is -0.0117. The molecule has 6 heteroatoms. The molecule has 1 aliphatic rings. The lowest BCUT2D eigenvalue weighted by molar-refractivity contribution is 0.0944. The summed E-state index contributed by atoms with van der Waals surface area (Å²) >= 11 is 0. The zero-order chi connectivity index (χ0) is 16.8. The quantitative estimate of drug-likeness (QED) is 0.860. The second-order valence-corrected chi connectivity index (χ2v) is 6.25. The van der Waals surface area contributed by atoms with E-state index in [-0.39, 0.29) is 18.3 Å². The molecule has 0 spiro atoms. The Morgan fingerprint density at radius 2 is 1.80 bits per heavy atom. The standard InChI is InChI=1S/C19H24N4O.ClH/c1-2-14-11-21-18(22-12-14)16-3-5-17(6-4-16)19(24)23-13-15-7-9-20-10-8-15;/h3-6,11-12,15,20H,2,7-10,13H2,1H3,(H,23,24);1H. The van der Waals surface area contributed by atoms with Gasteiger partial charge in [-0.15, -0.1) is 12.4 Å². The molecule has 1 aromatic carbocycles. The number of aryl methyl sites for hydroxylation is 1. The molecule has 1 saturated heterocycles. The summed E-state index contributed by atoms with van der Waals surface area (Å²) in [7, 11) is 0. The maximum absolute atomic E-state index is 12.3. The molecule has 1 aliphatic heterocycles. The average Bonchev–Trinajstić information content (AvgIpc) is 2.67. The van der Waals surface area contributed by atoms with Gasteiger partial charge in [-0.05, 0) is 56.0 Å². The molecule has 2 N–H and O–H groups in total. The van der Waals surface area contributed by atoms with Crippen LogP contribution in [0, 0.1) is 5.92 Å². The van der Waals surface area contributed by atoms with Crippen LogP contribution in [0.5, 0.6) is 0 Å². The summed E-state index contributed by atoms with van der Waals surface area (Å²) in [5, 5.41) is 6.38.